The van der Waals surface area contributed by atoms with Crippen LogP contribution in [0.1, 0.15) is 11.1 Å². The molecule has 0 aliphatic carbocycles. The van der Waals surface area contributed by atoms with E-state index < -0.39 is 5.56 Å². The second-order valence-electron chi connectivity index (χ2n) is 3.80. The number of rotatable bonds is 2. The van der Waals surface area contributed by atoms with Crippen molar-refractivity contribution in [1.82, 2.24) is 9.97 Å². The first-order valence-corrected chi connectivity index (χ1v) is 5.16. The molecule has 88 valence electrons. The van der Waals surface area contributed by atoms with Crippen molar-refractivity contribution < 1.29 is 4.74 Å². The molecule has 0 bridgehead atoms. The molecule has 5 heteroatoms. The van der Waals surface area contributed by atoms with Gasteiger partial charge in [0, 0.05) is 0 Å². The minimum absolute atomic E-state index is 0.0225. The molecule has 17 heavy (non-hydrogen) atoms. The molecule has 0 atom stereocenters. The Morgan fingerprint density at radius 1 is 1.29 bits per heavy atom. The Morgan fingerprint density at radius 2 is 2.06 bits per heavy atom. The first-order chi connectivity index (χ1) is 8.08. The topological polar surface area (TPSA) is 81.0 Å². The van der Waals surface area contributed by atoms with Gasteiger partial charge in [-0.3, -0.25) is 4.79 Å². The molecule has 0 aliphatic rings. The van der Waals surface area contributed by atoms with Gasteiger partial charge < -0.3 is 15.5 Å². The molecular formula is C12H13N3O2. The number of aromatic nitrogens is 2. The van der Waals surface area contributed by atoms with Gasteiger partial charge in [0.25, 0.3) is 5.56 Å². The highest BCUT2D eigenvalue weighted by molar-refractivity contribution is 5.47. The van der Waals surface area contributed by atoms with Gasteiger partial charge in [-0.05, 0) is 37.1 Å². The minimum atomic E-state index is -0.404. The summed E-state index contributed by atoms with van der Waals surface area (Å²) in [6.45, 7) is 4.00. The third-order valence-electron chi connectivity index (χ3n) is 2.55. The van der Waals surface area contributed by atoms with E-state index in [0.29, 0.717) is 5.75 Å². The number of nitrogen functional groups attached to an aromatic ring is 1. The zero-order valence-corrected chi connectivity index (χ0v) is 9.65. The van der Waals surface area contributed by atoms with Crippen LogP contribution in [0.4, 0.5) is 5.69 Å². The Kier molecular flexibility index (Phi) is 2.82. The number of ether oxygens (including phenoxy) is 1. The summed E-state index contributed by atoms with van der Waals surface area (Å²) < 4.78 is 5.47. The summed E-state index contributed by atoms with van der Waals surface area (Å²) in [6.07, 6.45) is 1.26. The van der Waals surface area contributed by atoms with Gasteiger partial charge in [-0.25, -0.2) is 4.98 Å². The summed E-state index contributed by atoms with van der Waals surface area (Å²) in [5, 5.41) is 0. The normalized spacial score (nSPS) is 10.2. The van der Waals surface area contributed by atoms with Crippen LogP contribution < -0.4 is 16.0 Å². The summed E-state index contributed by atoms with van der Waals surface area (Å²) in [7, 11) is 0. The van der Waals surface area contributed by atoms with Crippen molar-refractivity contribution >= 4 is 5.69 Å². The molecular weight excluding hydrogens is 218 g/mol. The van der Waals surface area contributed by atoms with Gasteiger partial charge in [-0.15, -0.1) is 0 Å². The Morgan fingerprint density at radius 3 is 2.76 bits per heavy atom. The van der Waals surface area contributed by atoms with E-state index in [9.17, 15) is 4.79 Å². The third kappa shape index (κ3) is 2.28. The van der Waals surface area contributed by atoms with Crippen LogP contribution in [-0.4, -0.2) is 9.97 Å². The highest BCUT2D eigenvalue weighted by Gasteiger charge is 2.07. The van der Waals surface area contributed by atoms with Crippen molar-refractivity contribution in [3.63, 3.8) is 0 Å². The number of nitrogens with one attached hydrogen (secondary N) is 1. The second-order valence-corrected chi connectivity index (χ2v) is 3.80. The summed E-state index contributed by atoms with van der Waals surface area (Å²) >= 11 is 0. The van der Waals surface area contributed by atoms with Crippen molar-refractivity contribution in [2.75, 3.05) is 5.73 Å². The van der Waals surface area contributed by atoms with E-state index in [2.05, 4.69) is 9.97 Å². The number of aromatic amines is 1. The van der Waals surface area contributed by atoms with E-state index in [0.717, 1.165) is 5.56 Å². The van der Waals surface area contributed by atoms with Gasteiger partial charge in [0.05, 0.1) is 6.33 Å². The lowest BCUT2D eigenvalue weighted by molar-refractivity contribution is 0.463. The number of aryl methyl sites for hydroxylation is 2. The van der Waals surface area contributed by atoms with Crippen LogP contribution in [0.2, 0.25) is 0 Å². The Labute approximate surface area is 98.3 Å². The van der Waals surface area contributed by atoms with Crippen LogP contribution in [0.15, 0.2) is 29.3 Å². The average Bonchev–Trinajstić information content (AvgIpc) is 2.30. The largest absolute Gasteiger partial charge is 0.437 e. The molecule has 0 aliphatic heterocycles. The first kappa shape index (κ1) is 11.2. The third-order valence-corrected chi connectivity index (χ3v) is 2.55. The van der Waals surface area contributed by atoms with E-state index in [1.807, 2.05) is 32.0 Å². The van der Waals surface area contributed by atoms with E-state index in [1.165, 1.54) is 11.9 Å². The molecule has 0 amide bonds. The van der Waals surface area contributed by atoms with Gasteiger partial charge in [0.15, 0.2) is 5.69 Å². The molecule has 2 aromatic rings. The Bertz CT molecular complexity index is 605. The Hall–Kier alpha value is -2.30. The number of hydrogen-bond donors (Lipinski definition) is 2. The predicted molar refractivity (Wildman–Crippen MR) is 65.3 cm³/mol. The van der Waals surface area contributed by atoms with E-state index >= 15 is 0 Å². The number of benzene rings is 1. The second kappa shape index (κ2) is 4.29. The lowest BCUT2D eigenvalue weighted by Crippen LogP contribution is -2.13. The maximum Gasteiger partial charge on any atom is 0.277 e. The van der Waals surface area contributed by atoms with Gasteiger partial charge >= 0.3 is 0 Å². The van der Waals surface area contributed by atoms with Crippen LogP contribution in [0.3, 0.4) is 0 Å². The molecule has 3 N–H and O–H groups in total. The van der Waals surface area contributed by atoms with Gasteiger partial charge in [0.2, 0.25) is 5.88 Å². The predicted octanol–water partition coefficient (Wildman–Crippen LogP) is 1.76. The van der Waals surface area contributed by atoms with Crippen molar-refractivity contribution in [1.29, 1.82) is 0 Å². The first-order valence-electron chi connectivity index (χ1n) is 5.16. The highest BCUT2D eigenvalue weighted by Crippen LogP contribution is 2.23. The zero-order valence-electron chi connectivity index (χ0n) is 9.65. The van der Waals surface area contributed by atoms with E-state index in [-0.39, 0.29) is 11.6 Å². The zero-order chi connectivity index (χ0) is 12.4. The maximum atomic E-state index is 11.3. The van der Waals surface area contributed by atoms with Crippen LogP contribution in [0, 0.1) is 13.8 Å². The lowest BCUT2D eigenvalue weighted by Gasteiger charge is -2.07. The number of nitrogens with two attached hydrogens (primary N) is 1. The molecule has 0 radical (unpaired) electrons. The molecule has 1 heterocycles. The van der Waals surface area contributed by atoms with Crippen LogP contribution >= 0.6 is 0 Å². The fraction of sp³-hybridized carbons (Fsp3) is 0.167. The lowest BCUT2D eigenvalue weighted by atomic mass is 10.1. The minimum Gasteiger partial charge on any atom is -0.437 e. The van der Waals surface area contributed by atoms with Crippen LogP contribution in [0.25, 0.3) is 0 Å². The number of anilines is 1. The molecule has 0 unspecified atom stereocenters. The molecule has 0 spiro atoms. The van der Waals surface area contributed by atoms with Crippen LogP contribution in [-0.2, 0) is 0 Å². The SMILES string of the molecule is Cc1ccc(Oc2nc[nH]c(=O)c2N)cc1C. The Balaban J connectivity index is 2.35. The standard InChI is InChI=1S/C12H13N3O2/c1-7-3-4-9(5-8(7)2)17-12-10(13)11(16)14-6-15-12/h3-6H,13H2,1-2H3,(H,14,15,16). The molecule has 0 saturated carbocycles. The number of H-pyrrole nitrogens is 1. The van der Waals surface area contributed by atoms with Gasteiger partial charge in [-0.2, -0.15) is 0 Å². The monoisotopic (exact) mass is 231 g/mol. The fourth-order valence-corrected chi connectivity index (χ4v) is 1.36. The average molecular weight is 231 g/mol. The van der Waals surface area contributed by atoms with Crippen molar-refractivity contribution in [2.24, 2.45) is 0 Å². The maximum absolute atomic E-state index is 11.3. The van der Waals surface area contributed by atoms with Crippen molar-refractivity contribution in [3.8, 4) is 11.6 Å². The summed E-state index contributed by atoms with van der Waals surface area (Å²) in [4.78, 5) is 17.5. The summed E-state index contributed by atoms with van der Waals surface area (Å²) in [5.74, 6) is 0.731. The van der Waals surface area contributed by atoms with Crippen LogP contribution in [0.5, 0.6) is 11.6 Å². The van der Waals surface area contributed by atoms with Gasteiger partial charge in [-0.1, -0.05) is 6.07 Å². The summed E-state index contributed by atoms with van der Waals surface area (Å²) in [5.41, 5.74) is 7.41. The van der Waals surface area contributed by atoms with Gasteiger partial charge in [0.1, 0.15) is 5.75 Å². The molecule has 2 rings (SSSR count). The molecule has 1 aromatic carbocycles. The van der Waals surface area contributed by atoms with E-state index in [1.54, 1.807) is 0 Å². The van der Waals surface area contributed by atoms with Crippen molar-refractivity contribution in [2.45, 2.75) is 13.8 Å². The fourth-order valence-electron chi connectivity index (χ4n) is 1.36. The number of nitrogens with zero attached hydrogens (tertiary/aromatic N) is 1. The summed E-state index contributed by atoms with van der Waals surface area (Å²) in [6, 6.07) is 5.62. The smallest absolute Gasteiger partial charge is 0.277 e. The van der Waals surface area contributed by atoms with Crippen molar-refractivity contribution in [3.05, 3.63) is 46.0 Å². The molecule has 5 nitrogen and oxygen atoms in total. The molecule has 0 saturated heterocycles. The molecule has 0 fully saturated rings. The molecule has 1 aromatic heterocycles. The van der Waals surface area contributed by atoms with E-state index in [4.69, 9.17) is 10.5 Å². The quantitative estimate of drug-likeness (QED) is 0.825. The highest BCUT2D eigenvalue weighted by atomic mass is 16.5. The number of hydrogen-bond acceptors (Lipinski definition) is 4.